The molecule has 0 unspecified atom stereocenters. The van der Waals surface area contributed by atoms with E-state index in [1.54, 1.807) is 54.6 Å². The number of ether oxygens (including phenoxy) is 1. The van der Waals surface area contributed by atoms with Gasteiger partial charge in [0.25, 0.3) is 5.91 Å². The molecule has 7 heteroatoms. The lowest BCUT2D eigenvalue weighted by Gasteiger charge is -2.06. The molecule has 0 spiro atoms. The number of rotatable bonds is 4. The fourth-order valence-corrected chi connectivity index (χ4v) is 2.98. The quantitative estimate of drug-likeness (QED) is 0.366. The van der Waals surface area contributed by atoms with Crippen molar-refractivity contribution in [1.82, 2.24) is 4.98 Å². The topological polar surface area (TPSA) is 81.4 Å². The third-order valence-corrected chi connectivity index (χ3v) is 4.33. The molecule has 0 fully saturated rings. The van der Waals surface area contributed by atoms with Gasteiger partial charge in [0.1, 0.15) is 11.3 Å². The van der Waals surface area contributed by atoms with Crippen LogP contribution in [0.5, 0.6) is 5.75 Å². The van der Waals surface area contributed by atoms with Gasteiger partial charge >= 0.3 is 5.97 Å². The second kappa shape index (κ2) is 7.77. The van der Waals surface area contributed by atoms with Crippen LogP contribution in [0.2, 0.25) is 5.02 Å². The third kappa shape index (κ3) is 4.28. The Labute approximate surface area is 171 Å². The van der Waals surface area contributed by atoms with Crippen molar-refractivity contribution in [3.63, 3.8) is 0 Å². The van der Waals surface area contributed by atoms with Crippen LogP contribution in [0.25, 0.3) is 22.6 Å². The van der Waals surface area contributed by atoms with Crippen molar-refractivity contribution in [3.8, 4) is 17.2 Å². The van der Waals surface area contributed by atoms with Gasteiger partial charge in [-0.1, -0.05) is 17.7 Å². The molecule has 0 atom stereocenters. The van der Waals surface area contributed by atoms with Crippen molar-refractivity contribution < 1.29 is 18.7 Å². The zero-order chi connectivity index (χ0) is 20.4. The van der Waals surface area contributed by atoms with Gasteiger partial charge in [-0.15, -0.1) is 0 Å². The number of anilines is 1. The number of amides is 1. The number of nitrogens with one attached hydrogen (secondary N) is 1. The maximum Gasteiger partial charge on any atom is 0.308 e. The molecule has 0 aliphatic carbocycles. The molecule has 4 rings (SSSR count). The number of oxazole rings is 1. The van der Waals surface area contributed by atoms with E-state index in [1.165, 1.54) is 6.92 Å². The van der Waals surface area contributed by atoms with Crippen molar-refractivity contribution in [2.24, 2.45) is 0 Å². The summed E-state index contributed by atoms with van der Waals surface area (Å²) >= 11 is 6.03. The maximum absolute atomic E-state index is 12.5. The number of carbonyl (C=O) groups excluding carboxylic acids is 2. The van der Waals surface area contributed by atoms with Gasteiger partial charge in [-0.05, 0) is 54.6 Å². The monoisotopic (exact) mass is 406 g/mol. The van der Waals surface area contributed by atoms with Gasteiger partial charge in [0.05, 0.1) is 0 Å². The van der Waals surface area contributed by atoms with Crippen molar-refractivity contribution in [3.05, 3.63) is 77.3 Å². The number of halogens is 1. The number of benzene rings is 3. The van der Waals surface area contributed by atoms with Crippen LogP contribution in [0.4, 0.5) is 5.69 Å². The van der Waals surface area contributed by atoms with E-state index >= 15 is 0 Å². The Hall–Kier alpha value is -3.64. The molecular weight excluding hydrogens is 392 g/mol. The molecule has 1 heterocycles. The van der Waals surface area contributed by atoms with Crippen molar-refractivity contribution in [2.75, 3.05) is 5.32 Å². The molecule has 0 saturated heterocycles. The van der Waals surface area contributed by atoms with E-state index in [-0.39, 0.29) is 5.91 Å². The van der Waals surface area contributed by atoms with Crippen LogP contribution in [0.3, 0.4) is 0 Å². The van der Waals surface area contributed by atoms with Crippen LogP contribution in [-0.4, -0.2) is 16.9 Å². The predicted octanol–water partition coefficient (Wildman–Crippen LogP) is 5.33. The van der Waals surface area contributed by atoms with Gasteiger partial charge in [-0.25, -0.2) is 4.98 Å². The second-order valence-electron chi connectivity index (χ2n) is 6.28. The average Bonchev–Trinajstić information content (AvgIpc) is 3.11. The first-order chi connectivity index (χ1) is 14.0. The lowest BCUT2D eigenvalue weighted by molar-refractivity contribution is -0.131. The van der Waals surface area contributed by atoms with Gasteiger partial charge in [0.15, 0.2) is 5.58 Å². The molecule has 0 aliphatic heterocycles. The molecule has 3 aromatic carbocycles. The maximum atomic E-state index is 12.5. The molecule has 144 valence electrons. The zero-order valence-electron chi connectivity index (χ0n) is 15.3. The normalized spacial score (nSPS) is 10.7. The van der Waals surface area contributed by atoms with Crippen molar-refractivity contribution in [2.45, 2.75) is 6.92 Å². The summed E-state index contributed by atoms with van der Waals surface area (Å²) in [6.07, 6.45) is 0. The number of aromatic nitrogens is 1. The summed E-state index contributed by atoms with van der Waals surface area (Å²) in [6.45, 7) is 1.32. The Bertz CT molecular complexity index is 1220. The van der Waals surface area contributed by atoms with Crippen LogP contribution >= 0.6 is 11.6 Å². The average molecular weight is 407 g/mol. The van der Waals surface area contributed by atoms with Crippen LogP contribution in [0.1, 0.15) is 17.3 Å². The molecule has 4 aromatic rings. The van der Waals surface area contributed by atoms with Gasteiger partial charge in [0, 0.05) is 34.8 Å². The Morgan fingerprint density at radius 3 is 2.55 bits per heavy atom. The second-order valence-corrected chi connectivity index (χ2v) is 6.72. The summed E-state index contributed by atoms with van der Waals surface area (Å²) in [5, 5.41) is 3.41. The number of esters is 1. The van der Waals surface area contributed by atoms with Crippen molar-refractivity contribution in [1.29, 1.82) is 0 Å². The summed E-state index contributed by atoms with van der Waals surface area (Å²) in [7, 11) is 0. The molecule has 0 bridgehead atoms. The molecule has 0 saturated carbocycles. The first kappa shape index (κ1) is 18.7. The highest BCUT2D eigenvalue weighted by Crippen LogP contribution is 2.28. The molecule has 0 radical (unpaired) electrons. The highest BCUT2D eigenvalue weighted by Gasteiger charge is 2.11. The Morgan fingerprint density at radius 1 is 1.03 bits per heavy atom. The summed E-state index contributed by atoms with van der Waals surface area (Å²) in [4.78, 5) is 27.9. The SMILES string of the molecule is CC(=O)Oc1ccc(C(=O)Nc2ccc3nc(-c4cccc(Cl)c4)oc3c2)cc1. The summed E-state index contributed by atoms with van der Waals surface area (Å²) in [5.74, 6) is 0.116. The number of hydrogen-bond acceptors (Lipinski definition) is 5. The van der Waals surface area contributed by atoms with E-state index in [2.05, 4.69) is 10.3 Å². The van der Waals surface area contributed by atoms with Gasteiger partial charge < -0.3 is 14.5 Å². The first-order valence-electron chi connectivity index (χ1n) is 8.74. The van der Waals surface area contributed by atoms with Crippen LogP contribution in [0.15, 0.2) is 71.1 Å². The Balaban J connectivity index is 1.53. The molecule has 1 aromatic heterocycles. The van der Waals surface area contributed by atoms with Crippen LogP contribution in [-0.2, 0) is 4.79 Å². The van der Waals surface area contributed by atoms with Crippen molar-refractivity contribution >= 4 is 40.3 Å². The molecule has 1 amide bonds. The molecular formula is C22H15ClN2O4. The number of hydrogen-bond donors (Lipinski definition) is 1. The van der Waals surface area contributed by atoms with E-state index < -0.39 is 5.97 Å². The van der Waals surface area contributed by atoms with E-state index in [1.807, 2.05) is 12.1 Å². The predicted molar refractivity (Wildman–Crippen MR) is 110 cm³/mol. The third-order valence-electron chi connectivity index (χ3n) is 4.10. The minimum Gasteiger partial charge on any atom is -0.436 e. The minimum atomic E-state index is -0.417. The zero-order valence-corrected chi connectivity index (χ0v) is 16.1. The van der Waals surface area contributed by atoms with E-state index in [4.69, 9.17) is 20.8 Å². The number of carbonyl (C=O) groups is 2. The standard InChI is InChI=1S/C22H15ClN2O4/c1-13(26)28-18-8-5-14(6-9-18)21(27)24-17-7-10-19-20(12-17)29-22(25-19)15-3-2-4-16(23)11-15/h2-12H,1H3,(H,24,27). The number of fused-ring (bicyclic) bond motifs is 1. The molecule has 1 N–H and O–H groups in total. The van der Waals surface area contributed by atoms with Gasteiger partial charge in [-0.2, -0.15) is 0 Å². The van der Waals surface area contributed by atoms with Gasteiger partial charge in [0.2, 0.25) is 5.89 Å². The fraction of sp³-hybridized carbons (Fsp3) is 0.0455. The summed E-state index contributed by atoms with van der Waals surface area (Å²) < 4.78 is 10.8. The smallest absolute Gasteiger partial charge is 0.308 e. The van der Waals surface area contributed by atoms with E-state index in [0.717, 1.165) is 5.56 Å². The van der Waals surface area contributed by atoms with Crippen LogP contribution < -0.4 is 10.1 Å². The lowest BCUT2D eigenvalue weighted by atomic mass is 10.2. The van der Waals surface area contributed by atoms with Crippen LogP contribution in [0, 0.1) is 0 Å². The van der Waals surface area contributed by atoms with E-state index in [9.17, 15) is 9.59 Å². The highest BCUT2D eigenvalue weighted by atomic mass is 35.5. The first-order valence-corrected chi connectivity index (χ1v) is 9.12. The van der Waals surface area contributed by atoms with Gasteiger partial charge in [-0.3, -0.25) is 9.59 Å². The molecule has 6 nitrogen and oxygen atoms in total. The van der Waals surface area contributed by atoms with E-state index in [0.29, 0.717) is 39.0 Å². The summed E-state index contributed by atoms with van der Waals surface area (Å²) in [6, 6.07) is 18.7. The Kier molecular flexibility index (Phi) is 5.01. The molecule has 0 aliphatic rings. The lowest BCUT2D eigenvalue weighted by Crippen LogP contribution is -2.11. The minimum absolute atomic E-state index is 0.298. The number of nitrogens with zero attached hydrogens (tertiary/aromatic N) is 1. The molecule has 29 heavy (non-hydrogen) atoms. The Morgan fingerprint density at radius 2 is 1.83 bits per heavy atom. The summed E-state index contributed by atoms with van der Waals surface area (Å²) in [5.41, 5.74) is 2.98. The largest absolute Gasteiger partial charge is 0.436 e. The fourth-order valence-electron chi connectivity index (χ4n) is 2.79. The highest BCUT2D eigenvalue weighted by molar-refractivity contribution is 6.30.